The first-order valence-corrected chi connectivity index (χ1v) is 11.1. The predicted octanol–water partition coefficient (Wildman–Crippen LogP) is 3.78. The number of morpholine rings is 1. The van der Waals surface area contributed by atoms with E-state index in [4.69, 9.17) is 4.74 Å². The van der Waals surface area contributed by atoms with Crippen molar-refractivity contribution in [1.82, 2.24) is 15.5 Å². The largest absolute Gasteiger partial charge is 0.379 e. The minimum Gasteiger partial charge on any atom is -0.379 e. The molecule has 1 aromatic carbocycles. The lowest BCUT2D eigenvalue weighted by molar-refractivity contribution is 0.0177. The third kappa shape index (κ3) is 5.72. The fraction of sp³-hybridized carbons (Fsp3) is 0.500. The second-order valence-corrected chi connectivity index (χ2v) is 8.76. The quantitative estimate of drug-likeness (QED) is 0.317. The van der Waals surface area contributed by atoms with Gasteiger partial charge in [0.1, 0.15) is 5.82 Å². The average Bonchev–Trinajstić information content (AvgIpc) is 3.36. The summed E-state index contributed by atoms with van der Waals surface area (Å²) in [5.74, 6) is 0.628. The van der Waals surface area contributed by atoms with Crippen LogP contribution in [0.4, 0.5) is 4.39 Å². The molecule has 164 valence electrons. The van der Waals surface area contributed by atoms with E-state index in [2.05, 4.69) is 38.0 Å². The number of rotatable bonds is 7. The molecule has 1 saturated heterocycles. The highest BCUT2D eigenvalue weighted by atomic mass is 127. The number of benzene rings is 1. The third-order valence-electron chi connectivity index (χ3n) is 5.93. The van der Waals surface area contributed by atoms with Crippen molar-refractivity contribution in [2.45, 2.75) is 24.3 Å². The second kappa shape index (κ2) is 10.9. The topological polar surface area (TPSA) is 48.9 Å². The van der Waals surface area contributed by atoms with Gasteiger partial charge in [0.15, 0.2) is 5.96 Å². The number of aliphatic imine (C=N–C) groups is 1. The van der Waals surface area contributed by atoms with Crippen molar-refractivity contribution >= 4 is 41.3 Å². The number of hydrogen-bond acceptors (Lipinski definition) is 4. The van der Waals surface area contributed by atoms with Crippen molar-refractivity contribution in [2.75, 3.05) is 46.4 Å². The summed E-state index contributed by atoms with van der Waals surface area (Å²) < 4.78 is 19.2. The number of nitrogens with one attached hydrogen (secondary N) is 2. The fourth-order valence-corrected chi connectivity index (χ4v) is 4.84. The summed E-state index contributed by atoms with van der Waals surface area (Å²) in [6, 6.07) is 11.6. The zero-order valence-corrected chi connectivity index (χ0v) is 20.4. The van der Waals surface area contributed by atoms with Gasteiger partial charge in [-0.1, -0.05) is 18.2 Å². The standard InChI is InChI=1S/C22H29FN4OS.HI/c1-24-21(26-16-22(7-8-22)17-4-2-5-18(23)14-17)25-15-19(20-6-3-13-29-20)27-9-11-28-12-10-27;/h2-6,13-14,19H,7-12,15-16H2,1H3,(H2,24,25,26);1H. The first-order valence-electron chi connectivity index (χ1n) is 10.3. The van der Waals surface area contributed by atoms with Crippen molar-refractivity contribution in [1.29, 1.82) is 0 Å². The van der Waals surface area contributed by atoms with Crippen LogP contribution in [0.1, 0.15) is 29.3 Å². The maximum atomic E-state index is 13.6. The summed E-state index contributed by atoms with van der Waals surface area (Å²) in [5, 5.41) is 9.11. The molecule has 0 spiro atoms. The van der Waals surface area contributed by atoms with Crippen LogP contribution in [0.5, 0.6) is 0 Å². The van der Waals surface area contributed by atoms with E-state index in [1.54, 1.807) is 30.5 Å². The highest BCUT2D eigenvalue weighted by molar-refractivity contribution is 14.0. The number of thiophene rings is 1. The molecule has 2 aliphatic rings. The van der Waals surface area contributed by atoms with Gasteiger partial charge in [0, 0.05) is 43.5 Å². The van der Waals surface area contributed by atoms with Crippen LogP contribution >= 0.6 is 35.3 Å². The number of halogens is 2. The van der Waals surface area contributed by atoms with E-state index in [1.165, 1.54) is 10.9 Å². The van der Waals surface area contributed by atoms with E-state index >= 15 is 0 Å². The molecule has 1 aliphatic carbocycles. The van der Waals surface area contributed by atoms with Gasteiger partial charge in [0.2, 0.25) is 0 Å². The van der Waals surface area contributed by atoms with Crippen molar-refractivity contribution < 1.29 is 9.13 Å². The van der Waals surface area contributed by atoms with Crippen LogP contribution in [0.3, 0.4) is 0 Å². The smallest absolute Gasteiger partial charge is 0.191 e. The first-order chi connectivity index (χ1) is 14.2. The molecule has 0 amide bonds. The second-order valence-electron chi connectivity index (χ2n) is 7.78. The molecule has 1 aliphatic heterocycles. The zero-order valence-electron chi connectivity index (χ0n) is 17.3. The monoisotopic (exact) mass is 544 g/mol. The molecule has 30 heavy (non-hydrogen) atoms. The van der Waals surface area contributed by atoms with Crippen LogP contribution in [0.2, 0.25) is 0 Å². The molecule has 2 fully saturated rings. The number of guanidine groups is 1. The maximum Gasteiger partial charge on any atom is 0.191 e. The van der Waals surface area contributed by atoms with Gasteiger partial charge in [-0.3, -0.25) is 9.89 Å². The summed E-state index contributed by atoms with van der Waals surface area (Å²) in [6.45, 7) is 5.00. The average molecular weight is 544 g/mol. The molecule has 2 heterocycles. The Balaban J connectivity index is 0.00000256. The third-order valence-corrected chi connectivity index (χ3v) is 6.90. The predicted molar refractivity (Wildman–Crippen MR) is 132 cm³/mol. The van der Waals surface area contributed by atoms with Gasteiger partial charge in [0.05, 0.1) is 19.3 Å². The van der Waals surface area contributed by atoms with Gasteiger partial charge in [-0.15, -0.1) is 35.3 Å². The molecule has 0 bridgehead atoms. The molecular formula is C22H30FIN4OS. The van der Waals surface area contributed by atoms with Crippen LogP contribution in [0.15, 0.2) is 46.8 Å². The molecular weight excluding hydrogens is 514 g/mol. The Bertz CT molecular complexity index is 822. The maximum absolute atomic E-state index is 13.6. The SMILES string of the molecule is CN=C(NCC(c1cccs1)N1CCOCC1)NCC1(c2cccc(F)c2)CC1.I. The van der Waals surface area contributed by atoms with E-state index in [1.807, 2.05) is 6.07 Å². The van der Waals surface area contributed by atoms with E-state index in [9.17, 15) is 4.39 Å². The molecule has 0 radical (unpaired) electrons. The molecule has 8 heteroatoms. The lowest BCUT2D eigenvalue weighted by atomic mass is 9.96. The number of nitrogens with zero attached hydrogens (tertiary/aromatic N) is 2. The number of ether oxygens (including phenoxy) is 1. The minimum atomic E-state index is -0.166. The Morgan fingerprint density at radius 1 is 1.23 bits per heavy atom. The lowest BCUT2D eigenvalue weighted by Crippen LogP contribution is -2.47. The summed E-state index contributed by atoms with van der Waals surface area (Å²) in [5.41, 5.74) is 1.10. The normalized spacial score (nSPS) is 19.6. The van der Waals surface area contributed by atoms with Gasteiger partial charge in [-0.05, 0) is 42.0 Å². The molecule has 1 saturated carbocycles. The van der Waals surface area contributed by atoms with Gasteiger partial charge >= 0.3 is 0 Å². The Morgan fingerprint density at radius 2 is 2.03 bits per heavy atom. The fourth-order valence-electron chi connectivity index (χ4n) is 3.98. The Labute approximate surface area is 199 Å². The molecule has 1 aromatic heterocycles. The van der Waals surface area contributed by atoms with Gasteiger partial charge in [-0.2, -0.15) is 0 Å². The van der Waals surface area contributed by atoms with Crippen LogP contribution in [-0.4, -0.2) is 57.3 Å². The highest BCUT2D eigenvalue weighted by Crippen LogP contribution is 2.47. The van der Waals surface area contributed by atoms with Crippen LogP contribution in [-0.2, 0) is 10.2 Å². The molecule has 5 nitrogen and oxygen atoms in total. The van der Waals surface area contributed by atoms with Crippen LogP contribution in [0, 0.1) is 5.82 Å². The van der Waals surface area contributed by atoms with Crippen molar-refractivity contribution in [3.8, 4) is 0 Å². The summed E-state index contributed by atoms with van der Waals surface area (Å²) in [7, 11) is 1.80. The summed E-state index contributed by atoms with van der Waals surface area (Å²) in [4.78, 5) is 8.24. The van der Waals surface area contributed by atoms with Crippen molar-refractivity contribution in [2.24, 2.45) is 4.99 Å². The highest BCUT2D eigenvalue weighted by Gasteiger charge is 2.44. The van der Waals surface area contributed by atoms with Gasteiger partial charge in [0.25, 0.3) is 0 Å². The van der Waals surface area contributed by atoms with E-state index < -0.39 is 0 Å². The molecule has 1 unspecified atom stereocenters. The Hall–Kier alpha value is -1.23. The van der Waals surface area contributed by atoms with E-state index in [0.717, 1.165) is 63.8 Å². The summed E-state index contributed by atoms with van der Waals surface area (Å²) in [6.07, 6.45) is 2.15. The molecule has 4 rings (SSSR count). The lowest BCUT2D eigenvalue weighted by Gasteiger charge is -2.34. The van der Waals surface area contributed by atoms with Crippen LogP contribution in [0.25, 0.3) is 0 Å². The van der Waals surface area contributed by atoms with E-state index in [0.29, 0.717) is 6.04 Å². The molecule has 2 N–H and O–H groups in total. The van der Waals surface area contributed by atoms with Crippen molar-refractivity contribution in [3.05, 3.63) is 58.0 Å². The molecule has 2 aromatic rings. The van der Waals surface area contributed by atoms with Crippen LogP contribution < -0.4 is 10.6 Å². The summed E-state index contributed by atoms with van der Waals surface area (Å²) >= 11 is 1.79. The zero-order chi connectivity index (χ0) is 20.1. The first kappa shape index (κ1) is 23.4. The Morgan fingerprint density at radius 3 is 2.67 bits per heavy atom. The number of hydrogen-bond donors (Lipinski definition) is 2. The van der Waals surface area contributed by atoms with E-state index in [-0.39, 0.29) is 35.2 Å². The van der Waals surface area contributed by atoms with Gasteiger partial charge < -0.3 is 15.4 Å². The molecule has 1 atom stereocenters. The Kier molecular flexibility index (Phi) is 8.50. The van der Waals surface area contributed by atoms with Crippen molar-refractivity contribution in [3.63, 3.8) is 0 Å². The van der Waals surface area contributed by atoms with Gasteiger partial charge in [-0.25, -0.2) is 4.39 Å². The minimum absolute atomic E-state index is 0.